The van der Waals surface area contributed by atoms with Crippen LogP contribution in [0.5, 0.6) is 5.75 Å². The maximum Gasteiger partial charge on any atom is 0.153 e. The second kappa shape index (κ2) is 4.47. The van der Waals surface area contributed by atoms with Crippen LogP contribution in [0.25, 0.3) is 0 Å². The maximum atomic E-state index is 10.8. The van der Waals surface area contributed by atoms with Crippen molar-refractivity contribution in [3.05, 3.63) is 28.3 Å². The topological polar surface area (TPSA) is 26.3 Å². The van der Waals surface area contributed by atoms with E-state index in [-0.39, 0.29) is 6.10 Å². The molecule has 0 radical (unpaired) electrons. The summed E-state index contributed by atoms with van der Waals surface area (Å²) >= 11 is 5.82. The minimum Gasteiger partial charge on any atom is -0.490 e. The van der Waals surface area contributed by atoms with E-state index in [0.717, 1.165) is 11.8 Å². The third kappa shape index (κ3) is 2.48. The Hall–Kier alpha value is -1.02. The highest BCUT2D eigenvalue weighted by molar-refractivity contribution is 6.31. The molecule has 0 spiro atoms. The Bertz CT molecular complexity index is 345. The number of carbonyl (C=O) groups is 1. The van der Waals surface area contributed by atoms with E-state index in [1.54, 1.807) is 12.1 Å². The van der Waals surface area contributed by atoms with E-state index in [2.05, 4.69) is 0 Å². The first kappa shape index (κ1) is 11.1. The van der Waals surface area contributed by atoms with Crippen molar-refractivity contribution in [3.8, 4) is 5.75 Å². The van der Waals surface area contributed by atoms with Crippen molar-refractivity contribution in [1.29, 1.82) is 0 Å². The van der Waals surface area contributed by atoms with Crippen molar-refractivity contribution in [2.24, 2.45) is 0 Å². The van der Waals surface area contributed by atoms with Crippen molar-refractivity contribution in [3.63, 3.8) is 0 Å². The molecule has 3 heteroatoms. The second-order valence-electron chi connectivity index (χ2n) is 3.43. The zero-order valence-electron chi connectivity index (χ0n) is 8.50. The molecule has 0 saturated carbocycles. The van der Waals surface area contributed by atoms with Gasteiger partial charge in [-0.05, 0) is 38.5 Å². The van der Waals surface area contributed by atoms with Crippen LogP contribution in [-0.4, -0.2) is 12.4 Å². The Morgan fingerprint density at radius 1 is 1.43 bits per heavy atom. The van der Waals surface area contributed by atoms with Crippen molar-refractivity contribution >= 4 is 17.9 Å². The van der Waals surface area contributed by atoms with Gasteiger partial charge in [-0.1, -0.05) is 11.6 Å². The summed E-state index contributed by atoms with van der Waals surface area (Å²) in [5, 5.41) is 0.556. The lowest BCUT2D eigenvalue weighted by molar-refractivity contribution is 0.111. The molecule has 1 rings (SSSR count). The van der Waals surface area contributed by atoms with Gasteiger partial charge in [0.1, 0.15) is 5.75 Å². The van der Waals surface area contributed by atoms with Crippen LogP contribution in [0.4, 0.5) is 0 Å². The van der Waals surface area contributed by atoms with E-state index in [1.165, 1.54) is 0 Å². The molecular formula is C11H13ClO2. The molecule has 0 fully saturated rings. The quantitative estimate of drug-likeness (QED) is 0.719. The fourth-order valence-electron chi connectivity index (χ4n) is 1.24. The Morgan fingerprint density at radius 2 is 2.07 bits per heavy atom. The lowest BCUT2D eigenvalue weighted by Crippen LogP contribution is -2.08. The van der Waals surface area contributed by atoms with Gasteiger partial charge in [-0.25, -0.2) is 0 Å². The molecule has 0 aromatic heterocycles. The van der Waals surface area contributed by atoms with Gasteiger partial charge in [0.2, 0.25) is 0 Å². The standard InChI is InChI=1S/C11H13ClO2/c1-7(2)14-11-8(3)4-10(12)5-9(11)6-13/h4-7H,1-3H3. The third-order valence-electron chi connectivity index (χ3n) is 1.75. The molecule has 0 N–H and O–H groups in total. The molecule has 76 valence electrons. The van der Waals surface area contributed by atoms with Crippen LogP contribution in [0.1, 0.15) is 29.8 Å². The summed E-state index contributed by atoms with van der Waals surface area (Å²) in [6.45, 7) is 5.71. The lowest BCUT2D eigenvalue weighted by atomic mass is 10.1. The molecule has 0 unspecified atom stereocenters. The van der Waals surface area contributed by atoms with Gasteiger partial charge in [0.05, 0.1) is 11.7 Å². The Balaban J connectivity index is 3.18. The maximum absolute atomic E-state index is 10.8. The van der Waals surface area contributed by atoms with E-state index < -0.39 is 0 Å². The monoisotopic (exact) mass is 212 g/mol. The predicted molar refractivity (Wildman–Crippen MR) is 57.3 cm³/mol. The van der Waals surface area contributed by atoms with Crippen LogP contribution in [0.15, 0.2) is 12.1 Å². The van der Waals surface area contributed by atoms with Crippen LogP contribution in [0.3, 0.4) is 0 Å². The molecule has 1 aromatic rings. The molecule has 0 amide bonds. The fraction of sp³-hybridized carbons (Fsp3) is 0.364. The van der Waals surface area contributed by atoms with Crippen LogP contribution < -0.4 is 4.74 Å². The van der Waals surface area contributed by atoms with Gasteiger partial charge in [-0.15, -0.1) is 0 Å². The van der Waals surface area contributed by atoms with Crippen molar-refractivity contribution in [1.82, 2.24) is 0 Å². The Kier molecular flexibility index (Phi) is 3.53. The molecule has 0 aliphatic rings. The average Bonchev–Trinajstić information content (AvgIpc) is 2.08. The molecule has 0 bridgehead atoms. The lowest BCUT2D eigenvalue weighted by Gasteiger charge is -2.14. The largest absolute Gasteiger partial charge is 0.490 e. The Morgan fingerprint density at radius 3 is 2.57 bits per heavy atom. The Labute approximate surface area is 88.8 Å². The van der Waals surface area contributed by atoms with Gasteiger partial charge < -0.3 is 4.74 Å². The number of ether oxygens (including phenoxy) is 1. The number of aryl methyl sites for hydroxylation is 1. The van der Waals surface area contributed by atoms with Crippen LogP contribution in [0, 0.1) is 6.92 Å². The number of hydrogen-bond donors (Lipinski definition) is 0. The van der Waals surface area contributed by atoms with Crippen molar-refractivity contribution in [2.45, 2.75) is 26.9 Å². The summed E-state index contributed by atoms with van der Waals surface area (Å²) in [6, 6.07) is 3.39. The number of aldehydes is 1. The summed E-state index contributed by atoms with van der Waals surface area (Å²) in [5.74, 6) is 0.624. The van der Waals surface area contributed by atoms with E-state index in [0.29, 0.717) is 16.3 Å². The zero-order valence-corrected chi connectivity index (χ0v) is 9.26. The first-order valence-electron chi connectivity index (χ1n) is 4.46. The first-order chi connectivity index (χ1) is 6.54. The summed E-state index contributed by atoms with van der Waals surface area (Å²) in [4.78, 5) is 10.8. The molecule has 0 aliphatic carbocycles. The highest BCUT2D eigenvalue weighted by Crippen LogP contribution is 2.27. The summed E-state index contributed by atoms with van der Waals surface area (Å²) in [5.41, 5.74) is 1.39. The number of rotatable bonds is 3. The minimum absolute atomic E-state index is 0.0496. The van der Waals surface area contributed by atoms with Crippen molar-refractivity contribution in [2.75, 3.05) is 0 Å². The van der Waals surface area contributed by atoms with Crippen LogP contribution in [0.2, 0.25) is 5.02 Å². The SMILES string of the molecule is Cc1cc(Cl)cc(C=O)c1OC(C)C. The average molecular weight is 213 g/mol. The van der Waals surface area contributed by atoms with Gasteiger partial charge in [0.25, 0.3) is 0 Å². The highest BCUT2D eigenvalue weighted by atomic mass is 35.5. The van der Waals surface area contributed by atoms with Gasteiger partial charge in [-0.3, -0.25) is 4.79 Å². The summed E-state index contributed by atoms with van der Waals surface area (Å²) < 4.78 is 5.53. The van der Waals surface area contributed by atoms with Gasteiger partial charge in [-0.2, -0.15) is 0 Å². The molecule has 14 heavy (non-hydrogen) atoms. The molecule has 0 atom stereocenters. The van der Waals surface area contributed by atoms with E-state index in [4.69, 9.17) is 16.3 Å². The highest BCUT2D eigenvalue weighted by Gasteiger charge is 2.09. The van der Waals surface area contributed by atoms with E-state index in [9.17, 15) is 4.79 Å². The molecule has 0 aliphatic heterocycles. The molecule has 1 aromatic carbocycles. The predicted octanol–water partition coefficient (Wildman–Crippen LogP) is 3.25. The van der Waals surface area contributed by atoms with Crippen molar-refractivity contribution < 1.29 is 9.53 Å². The van der Waals surface area contributed by atoms with E-state index >= 15 is 0 Å². The van der Waals surface area contributed by atoms with Crippen LogP contribution >= 0.6 is 11.6 Å². The smallest absolute Gasteiger partial charge is 0.153 e. The second-order valence-corrected chi connectivity index (χ2v) is 3.86. The summed E-state index contributed by atoms with van der Waals surface area (Å²) in [6.07, 6.45) is 0.810. The number of carbonyl (C=O) groups excluding carboxylic acids is 1. The van der Waals surface area contributed by atoms with Gasteiger partial charge >= 0.3 is 0 Å². The number of halogens is 1. The molecular weight excluding hydrogens is 200 g/mol. The fourth-order valence-corrected chi connectivity index (χ4v) is 1.52. The minimum atomic E-state index is 0.0496. The third-order valence-corrected chi connectivity index (χ3v) is 1.97. The van der Waals surface area contributed by atoms with Gasteiger partial charge in [0.15, 0.2) is 6.29 Å². The van der Waals surface area contributed by atoms with Gasteiger partial charge in [0, 0.05) is 5.02 Å². The zero-order chi connectivity index (χ0) is 10.7. The number of benzene rings is 1. The molecule has 2 nitrogen and oxygen atoms in total. The van der Waals surface area contributed by atoms with Crippen LogP contribution in [-0.2, 0) is 0 Å². The normalized spacial score (nSPS) is 10.4. The summed E-state index contributed by atoms with van der Waals surface area (Å²) in [7, 11) is 0. The van der Waals surface area contributed by atoms with E-state index in [1.807, 2.05) is 20.8 Å². The molecule has 0 saturated heterocycles. The first-order valence-corrected chi connectivity index (χ1v) is 4.84. The number of hydrogen-bond acceptors (Lipinski definition) is 2. The molecule has 0 heterocycles.